The van der Waals surface area contributed by atoms with Crippen LogP contribution in [-0.2, 0) is 0 Å². The summed E-state index contributed by atoms with van der Waals surface area (Å²) in [6.07, 6.45) is 3.66. The molecule has 0 aromatic heterocycles. The van der Waals surface area contributed by atoms with Gasteiger partial charge in [0.05, 0.1) is 0 Å². The summed E-state index contributed by atoms with van der Waals surface area (Å²) in [4.78, 5) is 0. The third-order valence-corrected chi connectivity index (χ3v) is 4.04. The molecule has 1 aromatic rings. The van der Waals surface area contributed by atoms with Crippen molar-refractivity contribution in [2.45, 2.75) is 59.9 Å². The Labute approximate surface area is 133 Å². The number of benzene rings is 1. The zero-order valence-electron chi connectivity index (χ0n) is 13.7. The molecule has 0 bridgehead atoms. The van der Waals surface area contributed by atoms with E-state index in [2.05, 4.69) is 80.1 Å². The molecule has 0 aliphatic carbocycles. The lowest BCUT2D eigenvalue weighted by atomic mass is 9.82. The lowest BCUT2D eigenvalue weighted by molar-refractivity contribution is 0.276. The minimum Gasteiger partial charge on any atom is -0.310 e. The first-order valence-corrected chi connectivity index (χ1v) is 8.60. The molecule has 1 aromatic carbocycles. The van der Waals surface area contributed by atoms with Crippen LogP contribution in [-0.4, -0.2) is 6.54 Å². The van der Waals surface area contributed by atoms with Gasteiger partial charge in [0.15, 0.2) is 0 Å². The molecule has 0 heterocycles. The highest BCUT2D eigenvalue weighted by Gasteiger charge is 2.19. The smallest absolute Gasteiger partial charge is 0.0322 e. The standard InChI is InChI=1S/C18H30BrN/c1-6-11-20-17(12-14(2)13-18(3,4)5)15-7-9-16(19)10-8-15/h7-10,14,17,20H,6,11-13H2,1-5H3. The van der Waals surface area contributed by atoms with Gasteiger partial charge in [-0.25, -0.2) is 0 Å². The van der Waals surface area contributed by atoms with Crippen LogP contribution in [0.5, 0.6) is 0 Å². The first kappa shape index (κ1) is 17.7. The van der Waals surface area contributed by atoms with Gasteiger partial charge in [-0.15, -0.1) is 0 Å². The predicted octanol–water partition coefficient (Wildman–Crippen LogP) is 5.95. The fourth-order valence-corrected chi connectivity index (χ4v) is 3.15. The second-order valence-corrected chi connectivity index (χ2v) is 8.08. The summed E-state index contributed by atoms with van der Waals surface area (Å²) in [5, 5.41) is 3.71. The van der Waals surface area contributed by atoms with Crippen LogP contribution in [0.3, 0.4) is 0 Å². The lowest BCUT2D eigenvalue weighted by Gasteiger charge is -2.27. The topological polar surface area (TPSA) is 12.0 Å². The zero-order chi connectivity index (χ0) is 15.2. The van der Waals surface area contributed by atoms with Crippen molar-refractivity contribution in [3.05, 3.63) is 34.3 Å². The van der Waals surface area contributed by atoms with E-state index in [1.165, 1.54) is 24.8 Å². The molecule has 1 rings (SSSR count). The molecule has 0 saturated heterocycles. The number of halogens is 1. The molecule has 1 N–H and O–H groups in total. The van der Waals surface area contributed by atoms with E-state index in [0.717, 1.165) is 16.9 Å². The molecule has 1 nitrogen and oxygen atoms in total. The van der Waals surface area contributed by atoms with Crippen LogP contribution in [0.25, 0.3) is 0 Å². The van der Waals surface area contributed by atoms with Gasteiger partial charge in [-0.1, -0.05) is 62.7 Å². The normalized spacial score (nSPS) is 15.1. The van der Waals surface area contributed by atoms with E-state index in [9.17, 15) is 0 Å². The second kappa shape index (κ2) is 8.19. The fraction of sp³-hybridized carbons (Fsp3) is 0.667. The number of hydrogen-bond acceptors (Lipinski definition) is 1. The molecular weight excluding hydrogens is 310 g/mol. The maximum atomic E-state index is 3.71. The Morgan fingerprint density at radius 2 is 1.75 bits per heavy atom. The maximum absolute atomic E-state index is 3.71. The summed E-state index contributed by atoms with van der Waals surface area (Å²) in [6.45, 7) is 12.7. The van der Waals surface area contributed by atoms with Crippen molar-refractivity contribution in [3.63, 3.8) is 0 Å². The van der Waals surface area contributed by atoms with Crippen LogP contribution >= 0.6 is 15.9 Å². The molecule has 2 atom stereocenters. The van der Waals surface area contributed by atoms with Crippen molar-refractivity contribution in [1.82, 2.24) is 5.32 Å². The van der Waals surface area contributed by atoms with Gasteiger partial charge in [0.1, 0.15) is 0 Å². The van der Waals surface area contributed by atoms with E-state index < -0.39 is 0 Å². The molecule has 0 spiro atoms. The Hall–Kier alpha value is -0.340. The molecule has 2 heteroatoms. The molecule has 0 radical (unpaired) electrons. The van der Waals surface area contributed by atoms with Crippen LogP contribution in [0.15, 0.2) is 28.7 Å². The average molecular weight is 340 g/mol. The summed E-state index contributed by atoms with van der Waals surface area (Å²) in [5.41, 5.74) is 1.82. The average Bonchev–Trinajstić information content (AvgIpc) is 2.33. The Morgan fingerprint density at radius 3 is 2.25 bits per heavy atom. The number of hydrogen-bond donors (Lipinski definition) is 1. The summed E-state index contributed by atoms with van der Waals surface area (Å²) in [7, 11) is 0. The van der Waals surface area contributed by atoms with Crippen LogP contribution in [0.1, 0.15) is 65.5 Å². The molecule has 20 heavy (non-hydrogen) atoms. The summed E-state index contributed by atoms with van der Waals surface area (Å²) < 4.78 is 1.15. The Kier molecular flexibility index (Phi) is 7.25. The van der Waals surface area contributed by atoms with Crippen molar-refractivity contribution < 1.29 is 0 Å². The van der Waals surface area contributed by atoms with Crippen molar-refractivity contribution in [3.8, 4) is 0 Å². The van der Waals surface area contributed by atoms with Crippen LogP contribution in [0.2, 0.25) is 0 Å². The highest BCUT2D eigenvalue weighted by Crippen LogP contribution is 2.30. The molecule has 0 aliphatic heterocycles. The van der Waals surface area contributed by atoms with E-state index >= 15 is 0 Å². The predicted molar refractivity (Wildman–Crippen MR) is 93.0 cm³/mol. The van der Waals surface area contributed by atoms with E-state index in [1.54, 1.807) is 0 Å². The molecule has 0 aliphatic rings. The van der Waals surface area contributed by atoms with Crippen molar-refractivity contribution in [2.24, 2.45) is 11.3 Å². The van der Waals surface area contributed by atoms with Crippen LogP contribution in [0.4, 0.5) is 0 Å². The first-order chi connectivity index (χ1) is 9.31. The molecule has 0 amide bonds. The van der Waals surface area contributed by atoms with Gasteiger partial charge in [0.2, 0.25) is 0 Å². The molecule has 0 fully saturated rings. The van der Waals surface area contributed by atoms with Crippen molar-refractivity contribution in [1.29, 1.82) is 0 Å². The van der Waals surface area contributed by atoms with Gasteiger partial charge in [0, 0.05) is 10.5 Å². The number of nitrogens with one attached hydrogen (secondary N) is 1. The van der Waals surface area contributed by atoms with Gasteiger partial charge in [-0.2, -0.15) is 0 Å². The Morgan fingerprint density at radius 1 is 1.15 bits per heavy atom. The SMILES string of the molecule is CCCNC(CC(C)CC(C)(C)C)c1ccc(Br)cc1. The van der Waals surface area contributed by atoms with E-state index in [4.69, 9.17) is 0 Å². The fourth-order valence-electron chi connectivity index (χ4n) is 2.88. The monoisotopic (exact) mass is 339 g/mol. The van der Waals surface area contributed by atoms with Crippen molar-refractivity contribution in [2.75, 3.05) is 6.54 Å². The molecular formula is C18H30BrN. The summed E-state index contributed by atoms with van der Waals surface area (Å²) in [5.74, 6) is 0.730. The number of rotatable bonds is 7. The van der Waals surface area contributed by atoms with E-state index in [1.807, 2.05) is 0 Å². The van der Waals surface area contributed by atoms with Gasteiger partial charge >= 0.3 is 0 Å². The maximum Gasteiger partial charge on any atom is 0.0322 e. The lowest BCUT2D eigenvalue weighted by Crippen LogP contribution is -2.25. The van der Waals surface area contributed by atoms with Gasteiger partial charge < -0.3 is 5.32 Å². The minimum absolute atomic E-state index is 0.411. The second-order valence-electron chi connectivity index (χ2n) is 7.16. The van der Waals surface area contributed by atoms with Crippen LogP contribution in [0, 0.1) is 11.3 Å². The first-order valence-electron chi connectivity index (χ1n) is 7.80. The van der Waals surface area contributed by atoms with E-state index in [0.29, 0.717) is 11.5 Å². The third-order valence-electron chi connectivity index (χ3n) is 3.51. The van der Waals surface area contributed by atoms with Crippen molar-refractivity contribution >= 4 is 15.9 Å². The zero-order valence-corrected chi connectivity index (χ0v) is 15.3. The Balaban J connectivity index is 2.71. The van der Waals surface area contributed by atoms with E-state index in [-0.39, 0.29) is 0 Å². The molecule has 0 saturated carbocycles. The highest BCUT2D eigenvalue weighted by atomic mass is 79.9. The van der Waals surface area contributed by atoms with Gasteiger partial charge in [0.25, 0.3) is 0 Å². The van der Waals surface area contributed by atoms with Gasteiger partial charge in [-0.3, -0.25) is 0 Å². The summed E-state index contributed by atoms with van der Waals surface area (Å²) >= 11 is 3.52. The van der Waals surface area contributed by atoms with Gasteiger partial charge in [-0.05, 0) is 54.8 Å². The highest BCUT2D eigenvalue weighted by molar-refractivity contribution is 9.10. The molecule has 114 valence electrons. The minimum atomic E-state index is 0.411. The van der Waals surface area contributed by atoms with Crippen LogP contribution < -0.4 is 5.32 Å². The quantitative estimate of drug-likeness (QED) is 0.646. The summed E-state index contributed by atoms with van der Waals surface area (Å²) in [6, 6.07) is 9.23. The third kappa shape index (κ3) is 6.90. The molecule has 2 unspecified atom stereocenters. The largest absolute Gasteiger partial charge is 0.310 e. The Bertz CT molecular complexity index is 377.